The summed E-state index contributed by atoms with van der Waals surface area (Å²) < 4.78 is 5.15. The van der Waals surface area contributed by atoms with Gasteiger partial charge < -0.3 is 4.74 Å². The van der Waals surface area contributed by atoms with Gasteiger partial charge in [0, 0.05) is 6.42 Å². The third-order valence-corrected chi connectivity index (χ3v) is 1.97. The zero-order valence-electron chi connectivity index (χ0n) is 7.81. The van der Waals surface area contributed by atoms with Crippen LogP contribution in [0.1, 0.15) is 34.1 Å². The molecule has 0 amide bonds. The number of carbonyl (C=O) groups excluding carboxylic acids is 1. The van der Waals surface area contributed by atoms with Crippen molar-refractivity contribution in [2.75, 3.05) is 0 Å². The Hall–Kier alpha value is -0.530. The van der Waals surface area contributed by atoms with Crippen molar-refractivity contribution in [3.8, 4) is 0 Å². The van der Waals surface area contributed by atoms with Crippen LogP contribution in [0.2, 0.25) is 0 Å². The molecule has 0 spiro atoms. The standard InChI is InChI=1S/C9H17O2/c1-6-8(10)11-9(4,5)7(2)3/h7H,1,6H2,2-5H3. The molecule has 2 heteroatoms. The van der Waals surface area contributed by atoms with Crippen molar-refractivity contribution in [3.63, 3.8) is 0 Å². The first-order valence-corrected chi connectivity index (χ1v) is 3.91. The van der Waals surface area contributed by atoms with Crippen LogP contribution < -0.4 is 0 Å². The van der Waals surface area contributed by atoms with E-state index in [0.29, 0.717) is 5.92 Å². The van der Waals surface area contributed by atoms with E-state index in [1.165, 1.54) is 0 Å². The van der Waals surface area contributed by atoms with Crippen molar-refractivity contribution >= 4 is 5.97 Å². The fourth-order valence-electron chi connectivity index (χ4n) is 0.462. The number of carbonyl (C=O) groups is 1. The van der Waals surface area contributed by atoms with Gasteiger partial charge >= 0.3 is 5.97 Å². The van der Waals surface area contributed by atoms with Crippen LogP contribution in [0.5, 0.6) is 0 Å². The summed E-state index contributed by atoms with van der Waals surface area (Å²) in [4.78, 5) is 10.8. The predicted octanol–water partition coefficient (Wildman–Crippen LogP) is 2.19. The Morgan fingerprint density at radius 2 is 2.00 bits per heavy atom. The van der Waals surface area contributed by atoms with E-state index in [4.69, 9.17) is 4.74 Å². The van der Waals surface area contributed by atoms with Crippen molar-refractivity contribution in [1.29, 1.82) is 0 Å². The first-order valence-electron chi connectivity index (χ1n) is 3.91. The van der Waals surface area contributed by atoms with Crippen LogP contribution in [0.3, 0.4) is 0 Å². The summed E-state index contributed by atoms with van der Waals surface area (Å²) in [6.45, 7) is 11.3. The zero-order chi connectivity index (χ0) is 9.07. The van der Waals surface area contributed by atoms with Gasteiger partial charge in [-0.1, -0.05) is 13.8 Å². The maximum absolute atomic E-state index is 10.8. The minimum Gasteiger partial charge on any atom is -0.459 e. The van der Waals surface area contributed by atoms with Crippen molar-refractivity contribution in [1.82, 2.24) is 0 Å². The third-order valence-electron chi connectivity index (χ3n) is 1.97. The Morgan fingerprint density at radius 3 is 2.27 bits per heavy atom. The van der Waals surface area contributed by atoms with Crippen molar-refractivity contribution in [3.05, 3.63) is 6.92 Å². The van der Waals surface area contributed by atoms with Crippen molar-refractivity contribution < 1.29 is 9.53 Å². The lowest BCUT2D eigenvalue weighted by Gasteiger charge is -2.28. The molecular weight excluding hydrogens is 140 g/mol. The van der Waals surface area contributed by atoms with Crippen molar-refractivity contribution in [2.24, 2.45) is 5.92 Å². The van der Waals surface area contributed by atoms with Crippen LogP contribution in [0.4, 0.5) is 0 Å². The van der Waals surface area contributed by atoms with E-state index in [0.717, 1.165) is 0 Å². The average Bonchev–Trinajstić information content (AvgIpc) is 1.86. The van der Waals surface area contributed by atoms with E-state index in [1.807, 2.05) is 27.7 Å². The molecule has 0 aromatic rings. The second kappa shape index (κ2) is 3.74. The highest BCUT2D eigenvalue weighted by Gasteiger charge is 2.25. The van der Waals surface area contributed by atoms with Crippen LogP contribution in [0.25, 0.3) is 0 Å². The van der Waals surface area contributed by atoms with E-state index >= 15 is 0 Å². The van der Waals surface area contributed by atoms with Gasteiger partial charge in [-0.05, 0) is 26.7 Å². The molecule has 0 aliphatic rings. The molecule has 65 valence electrons. The summed E-state index contributed by atoms with van der Waals surface area (Å²) in [5.41, 5.74) is -0.366. The molecule has 0 bridgehead atoms. The van der Waals surface area contributed by atoms with E-state index in [-0.39, 0.29) is 18.0 Å². The lowest BCUT2D eigenvalue weighted by atomic mass is 9.95. The Labute approximate surface area is 68.9 Å². The van der Waals surface area contributed by atoms with Gasteiger partial charge in [-0.3, -0.25) is 4.79 Å². The summed E-state index contributed by atoms with van der Waals surface area (Å²) in [5.74, 6) is 0.0988. The van der Waals surface area contributed by atoms with Crippen molar-refractivity contribution in [2.45, 2.75) is 39.7 Å². The predicted molar refractivity (Wildman–Crippen MR) is 45.0 cm³/mol. The second-order valence-electron chi connectivity index (χ2n) is 3.48. The SMILES string of the molecule is [CH2]CC(=O)OC(C)(C)C(C)C. The van der Waals surface area contributed by atoms with Gasteiger partial charge in [0.1, 0.15) is 5.60 Å². The van der Waals surface area contributed by atoms with Gasteiger partial charge in [0.25, 0.3) is 0 Å². The van der Waals surface area contributed by atoms with Crippen LogP contribution in [-0.2, 0) is 9.53 Å². The van der Waals surface area contributed by atoms with Gasteiger partial charge in [-0.25, -0.2) is 0 Å². The topological polar surface area (TPSA) is 26.3 Å². The van der Waals surface area contributed by atoms with Gasteiger partial charge in [-0.15, -0.1) is 0 Å². The van der Waals surface area contributed by atoms with Crippen LogP contribution in [0, 0.1) is 12.8 Å². The highest BCUT2D eigenvalue weighted by atomic mass is 16.6. The summed E-state index contributed by atoms with van der Waals surface area (Å²) in [6, 6.07) is 0. The van der Waals surface area contributed by atoms with Gasteiger partial charge in [0.05, 0.1) is 0 Å². The highest BCUT2D eigenvalue weighted by Crippen LogP contribution is 2.20. The largest absolute Gasteiger partial charge is 0.459 e. The Bertz CT molecular complexity index is 136. The molecule has 11 heavy (non-hydrogen) atoms. The molecule has 0 N–H and O–H groups in total. The molecule has 0 aliphatic carbocycles. The van der Waals surface area contributed by atoms with Gasteiger partial charge in [0.2, 0.25) is 0 Å². The number of rotatable bonds is 3. The lowest BCUT2D eigenvalue weighted by Crippen LogP contribution is -2.33. The Balaban J connectivity index is 4.01. The number of hydrogen-bond donors (Lipinski definition) is 0. The Kier molecular flexibility index (Phi) is 3.56. The summed E-state index contributed by atoms with van der Waals surface area (Å²) in [6.07, 6.45) is 0.205. The molecule has 0 saturated heterocycles. The number of ether oxygens (including phenoxy) is 1. The quantitative estimate of drug-likeness (QED) is 0.587. The van der Waals surface area contributed by atoms with E-state index in [1.54, 1.807) is 0 Å². The van der Waals surface area contributed by atoms with Gasteiger partial charge in [0.15, 0.2) is 0 Å². The maximum Gasteiger partial charge on any atom is 0.306 e. The van der Waals surface area contributed by atoms with E-state index in [2.05, 4.69) is 6.92 Å². The maximum atomic E-state index is 10.8. The minimum absolute atomic E-state index is 0.205. The second-order valence-corrected chi connectivity index (χ2v) is 3.48. The smallest absolute Gasteiger partial charge is 0.306 e. The molecule has 0 unspecified atom stereocenters. The fraction of sp³-hybridized carbons (Fsp3) is 0.778. The first kappa shape index (κ1) is 10.5. The molecule has 2 nitrogen and oxygen atoms in total. The van der Waals surface area contributed by atoms with Gasteiger partial charge in [-0.2, -0.15) is 0 Å². The molecule has 0 aromatic carbocycles. The number of esters is 1. The molecule has 0 rings (SSSR count). The normalized spacial score (nSPS) is 11.8. The molecule has 0 saturated carbocycles. The summed E-state index contributed by atoms with van der Waals surface area (Å²) >= 11 is 0. The van der Waals surface area contributed by atoms with E-state index < -0.39 is 0 Å². The average molecular weight is 157 g/mol. The minimum atomic E-state index is -0.366. The molecule has 0 aliphatic heterocycles. The molecule has 0 heterocycles. The number of hydrogen-bond acceptors (Lipinski definition) is 2. The first-order chi connectivity index (χ1) is 4.90. The van der Waals surface area contributed by atoms with Crippen LogP contribution in [-0.4, -0.2) is 11.6 Å². The third kappa shape index (κ3) is 3.40. The zero-order valence-corrected chi connectivity index (χ0v) is 7.81. The fourth-order valence-corrected chi connectivity index (χ4v) is 0.462. The van der Waals surface area contributed by atoms with Crippen LogP contribution >= 0.6 is 0 Å². The lowest BCUT2D eigenvalue weighted by molar-refractivity contribution is -0.159. The summed E-state index contributed by atoms with van der Waals surface area (Å²) in [7, 11) is 0. The van der Waals surface area contributed by atoms with Crippen LogP contribution in [0.15, 0.2) is 0 Å². The Morgan fingerprint density at radius 1 is 1.55 bits per heavy atom. The molecular formula is C9H17O2. The summed E-state index contributed by atoms with van der Waals surface area (Å²) in [5, 5.41) is 0. The molecule has 1 radical (unpaired) electrons. The molecule has 0 fully saturated rings. The highest BCUT2D eigenvalue weighted by molar-refractivity contribution is 5.70. The molecule has 0 atom stereocenters. The molecule has 0 aromatic heterocycles. The monoisotopic (exact) mass is 157 g/mol. The van der Waals surface area contributed by atoms with E-state index in [9.17, 15) is 4.79 Å².